The molecule has 0 fully saturated rings. The number of halogens is 1. The van der Waals surface area contributed by atoms with Crippen molar-refractivity contribution in [1.29, 1.82) is 0 Å². The Kier molecular flexibility index (Phi) is 4.31. The fraction of sp³-hybridized carbons (Fsp3) is 0.0952. The lowest BCUT2D eigenvalue weighted by Gasteiger charge is -2.12. The summed E-state index contributed by atoms with van der Waals surface area (Å²) in [5, 5.41) is 6.42. The van der Waals surface area contributed by atoms with Gasteiger partial charge in [0.15, 0.2) is 0 Å². The Morgan fingerprint density at radius 2 is 1.96 bits per heavy atom. The van der Waals surface area contributed by atoms with Crippen LogP contribution in [0.2, 0.25) is 0 Å². The molecule has 130 valence electrons. The molecule has 2 aromatic heterocycles. The number of fused-ring (bicyclic) bond motifs is 1. The van der Waals surface area contributed by atoms with Crippen LogP contribution in [0.4, 0.5) is 15.8 Å². The summed E-state index contributed by atoms with van der Waals surface area (Å²) in [7, 11) is 1.66. The maximum atomic E-state index is 13.5. The topological polar surface area (TPSA) is 34.1 Å². The van der Waals surface area contributed by atoms with Crippen LogP contribution < -0.4 is 10.1 Å². The maximum absolute atomic E-state index is 13.5. The van der Waals surface area contributed by atoms with E-state index in [0.29, 0.717) is 5.52 Å². The Hall–Kier alpha value is -2.92. The summed E-state index contributed by atoms with van der Waals surface area (Å²) in [4.78, 5) is 5.43. The highest BCUT2D eigenvalue weighted by molar-refractivity contribution is 7.13. The first-order chi connectivity index (χ1) is 12.6. The minimum atomic E-state index is -0.293. The highest BCUT2D eigenvalue weighted by atomic mass is 32.1. The monoisotopic (exact) mass is 364 g/mol. The SMILES string of the molecule is COc1cc(Nc2ccnc3cc(F)ccc23)cc(-c2cc(C)cs2)c1. The Morgan fingerprint density at radius 3 is 2.73 bits per heavy atom. The number of aryl methyl sites for hydroxylation is 1. The molecule has 0 amide bonds. The number of aromatic nitrogens is 1. The summed E-state index contributed by atoms with van der Waals surface area (Å²) in [5.41, 5.74) is 4.73. The van der Waals surface area contributed by atoms with Crippen LogP contribution in [0.3, 0.4) is 0 Å². The van der Waals surface area contributed by atoms with Gasteiger partial charge < -0.3 is 10.1 Å². The van der Waals surface area contributed by atoms with E-state index in [4.69, 9.17) is 4.74 Å². The molecule has 0 saturated heterocycles. The van der Waals surface area contributed by atoms with Gasteiger partial charge in [0.25, 0.3) is 0 Å². The lowest BCUT2D eigenvalue weighted by Crippen LogP contribution is -1.95. The van der Waals surface area contributed by atoms with Crippen molar-refractivity contribution in [1.82, 2.24) is 4.98 Å². The fourth-order valence-corrected chi connectivity index (χ4v) is 3.79. The molecule has 3 nitrogen and oxygen atoms in total. The van der Waals surface area contributed by atoms with E-state index in [1.54, 1.807) is 30.7 Å². The van der Waals surface area contributed by atoms with E-state index >= 15 is 0 Å². The Morgan fingerprint density at radius 1 is 1.08 bits per heavy atom. The molecular formula is C21H17FN2OS. The van der Waals surface area contributed by atoms with Crippen molar-refractivity contribution in [3.8, 4) is 16.2 Å². The molecule has 2 aromatic carbocycles. The van der Waals surface area contributed by atoms with Gasteiger partial charge in [-0.05, 0) is 59.8 Å². The summed E-state index contributed by atoms with van der Waals surface area (Å²) in [6.07, 6.45) is 1.67. The maximum Gasteiger partial charge on any atom is 0.125 e. The number of benzene rings is 2. The van der Waals surface area contributed by atoms with Crippen LogP contribution in [0.1, 0.15) is 5.56 Å². The van der Waals surface area contributed by atoms with Gasteiger partial charge in [-0.25, -0.2) is 4.39 Å². The average molecular weight is 364 g/mol. The number of nitrogens with one attached hydrogen (secondary N) is 1. The van der Waals surface area contributed by atoms with E-state index in [1.807, 2.05) is 18.2 Å². The summed E-state index contributed by atoms with van der Waals surface area (Å²) in [6.45, 7) is 2.08. The Balaban J connectivity index is 1.77. The molecule has 0 unspecified atom stereocenters. The number of anilines is 2. The first-order valence-corrected chi connectivity index (χ1v) is 9.06. The molecular weight excluding hydrogens is 347 g/mol. The molecule has 0 aliphatic heterocycles. The first-order valence-electron chi connectivity index (χ1n) is 8.18. The van der Waals surface area contributed by atoms with Gasteiger partial charge in [-0.3, -0.25) is 4.98 Å². The third kappa shape index (κ3) is 3.26. The molecule has 0 spiro atoms. The van der Waals surface area contributed by atoms with E-state index in [-0.39, 0.29) is 5.82 Å². The second-order valence-corrected chi connectivity index (χ2v) is 6.99. The lowest BCUT2D eigenvalue weighted by molar-refractivity contribution is 0.415. The third-order valence-corrected chi connectivity index (χ3v) is 5.24. The van der Waals surface area contributed by atoms with Gasteiger partial charge in [-0.1, -0.05) is 0 Å². The Labute approximate surface area is 155 Å². The molecule has 0 bridgehead atoms. The largest absolute Gasteiger partial charge is 0.497 e. The van der Waals surface area contributed by atoms with E-state index < -0.39 is 0 Å². The van der Waals surface area contributed by atoms with Crippen molar-refractivity contribution in [3.05, 3.63) is 71.5 Å². The normalized spacial score (nSPS) is 10.9. The number of rotatable bonds is 4. The summed E-state index contributed by atoms with van der Waals surface area (Å²) in [5.74, 6) is 0.486. The summed E-state index contributed by atoms with van der Waals surface area (Å²) >= 11 is 1.71. The van der Waals surface area contributed by atoms with Crippen molar-refractivity contribution in [2.24, 2.45) is 0 Å². The molecule has 0 saturated carbocycles. The van der Waals surface area contributed by atoms with Gasteiger partial charge in [-0.2, -0.15) is 0 Å². The van der Waals surface area contributed by atoms with E-state index in [9.17, 15) is 4.39 Å². The third-order valence-electron chi connectivity index (χ3n) is 4.14. The summed E-state index contributed by atoms with van der Waals surface area (Å²) in [6, 6.07) is 14.7. The predicted molar refractivity (Wildman–Crippen MR) is 106 cm³/mol. The van der Waals surface area contributed by atoms with Gasteiger partial charge in [0.05, 0.1) is 12.6 Å². The van der Waals surface area contributed by atoms with Crippen LogP contribution in [0, 0.1) is 12.7 Å². The number of nitrogens with zero attached hydrogens (tertiary/aromatic N) is 1. The summed E-state index contributed by atoms with van der Waals surface area (Å²) < 4.78 is 18.9. The number of pyridine rings is 1. The number of hydrogen-bond acceptors (Lipinski definition) is 4. The molecule has 4 rings (SSSR count). The highest BCUT2D eigenvalue weighted by Gasteiger charge is 2.08. The standard InChI is InChI=1S/C21H17FN2OS/c1-13-7-21(26-12-13)14-8-16(11-17(9-14)25-2)24-19-5-6-23-20-10-15(22)3-4-18(19)20/h3-12H,1-2H3,(H,23,24). The molecule has 26 heavy (non-hydrogen) atoms. The Bertz CT molecular complexity index is 1090. The van der Waals surface area contributed by atoms with Gasteiger partial charge in [-0.15, -0.1) is 11.3 Å². The second kappa shape index (κ2) is 6.77. The van der Waals surface area contributed by atoms with Gasteiger partial charge in [0, 0.05) is 40.0 Å². The minimum Gasteiger partial charge on any atom is -0.497 e. The molecule has 0 aliphatic carbocycles. The van der Waals surface area contributed by atoms with E-state index in [2.05, 4.69) is 34.7 Å². The smallest absolute Gasteiger partial charge is 0.125 e. The number of ether oxygens (including phenoxy) is 1. The zero-order valence-corrected chi connectivity index (χ0v) is 15.2. The number of thiophene rings is 1. The molecule has 5 heteroatoms. The molecule has 0 aliphatic rings. The van der Waals surface area contributed by atoms with E-state index in [1.165, 1.54) is 22.6 Å². The van der Waals surface area contributed by atoms with Crippen molar-refractivity contribution < 1.29 is 9.13 Å². The van der Waals surface area contributed by atoms with Crippen molar-refractivity contribution >= 4 is 33.6 Å². The van der Waals surface area contributed by atoms with Crippen LogP contribution in [0.5, 0.6) is 5.75 Å². The van der Waals surface area contributed by atoms with E-state index in [0.717, 1.165) is 28.1 Å². The lowest BCUT2D eigenvalue weighted by atomic mass is 10.1. The van der Waals surface area contributed by atoms with Gasteiger partial charge >= 0.3 is 0 Å². The van der Waals surface area contributed by atoms with Gasteiger partial charge in [0.1, 0.15) is 11.6 Å². The van der Waals surface area contributed by atoms with Crippen molar-refractivity contribution in [2.75, 3.05) is 12.4 Å². The van der Waals surface area contributed by atoms with Crippen LogP contribution in [0.25, 0.3) is 21.3 Å². The average Bonchev–Trinajstić information content (AvgIpc) is 3.08. The first kappa shape index (κ1) is 16.5. The van der Waals surface area contributed by atoms with Crippen LogP contribution >= 0.6 is 11.3 Å². The molecule has 4 aromatic rings. The highest BCUT2D eigenvalue weighted by Crippen LogP contribution is 2.34. The predicted octanol–water partition coefficient (Wildman–Crippen LogP) is 6.16. The fourth-order valence-electron chi connectivity index (χ4n) is 2.90. The van der Waals surface area contributed by atoms with Crippen LogP contribution in [0.15, 0.2) is 60.1 Å². The van der Waals surface area contributed by atoms with Crippen molar-refractivity contribution in [2.45, 2.75) is 6.92 Å². The van der Waals surface area contributed by atoms with Crippen LogP contribution in [-0.4, -0.2) is 12.1 Å². The number of methoxy groups -OCH3 is 1. The van der Waals surface area contributed by atoms with Gasteiger partial charge in [0.2, 0.25) is 0 Å². The minimum absolute atomic E-state index is 0.293. The second-order valence-electron chi connectivity index (χ2n) is 6.08. The van der Waals surface area contributed by atoms with Crippen LogP contribution in [-0.2, 0) is 0 Å². The molecule has 2 heterocycles. The number of hydrogen-bond donors (Lipinski definition) is 1. The molecule has 1 N–H and O–H groups in total. The zero-order valence-electron chi connectivity index (χ0n) is 14.4. The molecule has 0 radical (unpaired) electrons. The zero-order chi connectivity index (χ0) is 18.1. The van der Waals surface area contributed by atoms with Crippen molar-refractivity contribution in [3.63, 3.8) is 0 Å². The molecule has 0 atom stereocenters. The quantitative estimate of drug-likeness (QED) is 0.471.